The molecule has 25 heavy (non-hydrogen) atoms. The van der Waals surface area contributed by atoms with Crippen LogP contribution in [0.15, 0.2) is 0 Å². The lowest BCUT2D eigenvalue weighted by Crippen LogP contribution is -2.61. The Morgan fingerprint density at radius 2 is 1.40 bits per heavy atom. The van der Waals surface area contributed by atoms with Gasteiger partial charge in [0.1, 0.15) is 0 Å². The van der Waals surface area contributed by atoms with Gasteiger partial charge in [0.25, 0.3) is 0 Å². The summed E-state index contributed by atoms with van der Waals surface area (Å²) in [4.78, 5) is 30.9. The molecule has 2 aliphatic rings. The number of carbonyl (C=O) groups excluding carboxylic acids is 2. The fourth-order valence-corrected chi connectivity index (χ4v) is 3.61. The molecular formula is C17H34Cl2N4O2. The van der Waals surface area contributed by atoms with Gasteiger partial charge in [-0.3, -0.25) is 14.5 Å². The molecule has 8 heteroatoms. The van der Waals surface area contributed by atoms with Crippen LogP contribution in [0.2, 0.25) is 0 Å². The van der Waals surface area contributed by atoms with Gasteiger partial charge in [-0.2, -0.15) is 0 Å². The molecule has 2 N–H and O–H groups in total. The van der Waals surface area contributed by atoms with Crippen LogP contribution in [0.3, 0.4) is 0 Å². The van der Waals surface area contributed by atoms with Gasteiger partial charge < -0.3 is 15.5 Å². The quantitative estimate of drug-likeness (QED) is 0.764. The summed E-state index contributed by atoms with van der Waals surface area (Å²) in [6, 6.07) is 0. The van der Waals surface area contributed by atoms with E-state index in [9.17, 15) is 9.59 Å². The van der Waals surface area contributed by atoms with Crippen LogP contribution in [-0.4, -0.2) is 77.9 Å². The standard InChI is InChI=1S/C17H32N4O2.2ClH/c1-3-19(4-2)14-15(22)20-10-12-21(13-11-20)16(23)17(18)8-6-5-7-9-17;;/h3-14,18H2,1-2H3;2*1H. The number of rotatable bonds is 5. The molecule has 1 saturated heterocycles. The molecule has 0 atom stereocenters. The minimum atomic E-state index is -0.661. The van der Waals surface area contributed by atoms with Gasteiger partial charge in [-0.15, -0.1) is 24.8 Å². The number of amides is 2. The van der Waals surface area contributed by atoms with E-state index < -0.39 is 5.54 Å². The van der Waals surface area contributed by atoms with E-state index in [-0.39, 0.29) is 36.6 Å². The fourth-order valence-electron chi connectivity index (χ4n) is 3.61. The van der Waals surface area contributed by atoms with Gasteiger partial charge in [0.15, 0.2) is 0 Å². The number of hydrogen-bond donors (Lipinski definition) is 1. The third kappa shape index (κ3) is 6.27. The van der Waals surface area contributed by atoms with Gasteiger partial charge in [0, 0.05) is 26.2 Å². The molecular weight excluding hydrogens is 363 g/mol. The highest BCUT2D eigenvalue weighted by molar-refractivity contribution is 5.87. The van der Waals surface area contributed by atoms with Crippen molar-refractivity contribution < 1.29 is 9.59 Å². The van der Waals surface area contributed by atoms with E-state index in [1.165, 1.54) is 6.42 Å². The molecule has 0 radical (unpaired) electrons. The third-order valence-electron chi connectivity index (χ3n) is 5.34. The highest BCUT2D eigenvalue weighted by Gasteiger charge is 2.39. The van der Waals surface area contributed by atoms with E-state index >= 15 is 0 Å². The summed E-state index contributed by atoms with van der Waals surface area (Å²) in [6.45, 7) is 8.86. The van der Waals surface area contributed by atoms with Crippen LogP contribution in [0.5, 0.6) is 0 Å². The zero-order chi connectivity index (χ0) is 16.9. The maximum atomic E-state index is 12.7. The molecule has 0 bridgehead atoms. The number of piperazine rings is 1. The summed E-state index contributed by atoms with van der Waals surface area (Å²) in [7, 11) is 0. The molecule has 2 amide bonds. The Labute approximate surface area is 164 Å². The number of carbonyl (C=O) groups is 2. The lowest BCUT2D eigenvalue weighted by atomic mass is 9.81. The summed E-state index contributed by atoms with van der Waals surface area (Å²) in [5.74, 6) is 0.258. The number of nitrogens with zero attached hydrogens (tertiary/aromatic N) is 3. The second kappa shape index (κ2) is 11.2. The molecule has 1 aliphatic heterocycles. The van der Waals surface area contributed by atoms with Crippen LogP contribution in [0, 0.1) is 0 Å². The number of hydrogen-bond acceptors (Lipinski definition) is 4. The monoisotopic (exact) mass is 396 g/mol. The molecule has 0 aromatic carbocycles. The van der Waals surface area contributed by atoms with Gasteiger partial charge in [-0.25, -0.2) is 0 Å². The van der Waals surface area contributed by atoms with Crippen molar-refractivity contribution in [2.24, 2.45) is 5.73 Å². The lowest BCUT2D eigenvalue weighted by Gasteiger charge is -2.41. The molecule has 1 saturated carbocycles. The Morgan fingerprint density at radius 3 is 1.88 bits per heavy atom. The molecule has 6 nitrogen and oxygen atoms in total. The molecule has 0 aromatic rings. The number of nitrogens with two attached hydrogens (primary N) is 1. The molecule has 2 rings (SSSR count). The Bertz CT molecular complexity index is 419. The Balaban J connectivity index is 0.00000288. The van der Waals surface area contributed by atoms with E-state index in [0.29, 0.717) is 32.7 Å². The van der Waals surface area contributed by atoms with Crippen LogP contribution in [0.1, 0.15) is 46.0 Å². The maximum absolute atomic E-state index is 12.7. The predicted octanol–water partition coefficient (Wildman–Crippen LogP) is 1.50. The van der Waals surface area contributed by atoms with Crippen molar-refractivity contribution in [3.05, 3.63) is 0 Å². The first-order valence-corrected chi connectivity index (χ1v) is 9.08. The molecule has 2 fully saturated rings. The summed E-state index contributed by atoms with van der Waals surface area (Å²) in [6.07, 6.45) is 4.87. The molecule has 148 valence electrons. The zero-order valence-electron chi connectivity index (χ0n) is 15.5. The van der Waals surface area contributed by atoms with Gasteiger partial charge in [-0.05, 0) is 25.9 Å². The van der Waals surface area contributed by atoms with Crippen molar-refractivity contribution in [3.8, 4) is 0 Å². The first-order chi connectivity index (χ1) is 11.0. The Morgan fingerprint density at radius 1 is 0.920 bits per heavy atom. The van der Waals surface area contributed by atoms with Crippen LogP contribution in [0.4, 0.5) is 0 Å². The second-order valence-corrected chi connectivity index (χ2v) is 6.85. The molecule has 1 heterocycles. The molecule has 0 unspecified atom stereocenters. The first-order valence-electron chi connectivity index (χ1n) is 9.08. The smallest absolute Gasteiger partial charge is 0.242 e. The van der Waals surface area contributed by atoms with Crippen molar-refractivity contribution in [3.63, 3.8) is 0 Å². The topological polar surface area (TPSA) is 69.9 Å². The van der Waals surface area contributed by atoms with Gasteiger partial charge >= 0.3 is 0 Å². The average Bonchev–Trinajstić information content (AvgIpc) is 2.59. The van der Waals surface area contributed by atoms with E-state index in [0.717, 1.165) is 38.8 Å². The summed E-state index contributed by atoms with van der Waals surface area (Å²) in [5, 5.41) is 0. The predicted molar refractivity (Wildman–Crippen MR) is 105 cm³/mol. The van der Waals surface area contributed by atoms with Crippen molar-refractivity contribution in [2.75, 3.05) is 45.8 Å². The molecule has 0 spiro atoms. The molecule has 1 aliphatic carbocycles. The highest BCUT2D eigenvalue weighted by Crippen LogP contribution is 2.28. The zero-order valence-corrected chi connectivity index (χ0v) is 17.2. The normalized spacial score (nSPS) is 19.8. The summed E-state index contributed by atoms with van der Waals surface area (Å²) in [5.41, 5.74) is 5.69. The van der Waals surface area contributed by atoms with Gasteiger partial charge in [0.05, 0.1) is 12.1 Å². The van der Waals surface area contributed by atoms with E-state index in [4.69, 9.17) is 5.73 Å². The van der Waals surface area contributed by atoms with Gasteiger partial charge in [-0.1, -0.05) is 33.1 Å². The van der Waals surface area contributed by atoms with Crippen LogP contribution >= 0.6 is 24.8 Å². The summed E-state index contributed by atoms with van der Waals surface area (Å²) >= 11 is 0. The van der Waals surface area contributed by atoms with Crippen molar-refractivity contribution in [2.45, 2.75) is 51.5 Å². The van der Waals surface area contributed by atoms with E-state index in [1.54, 1.807) is 0 Å². The van der Waals surface area contributed by atoms with E-state index in [1.807, 2.05) is 9.80 Å². The second-order valence-electron chi connectivity index (χ2n) is 6.85. The largest absolute Gasteiger partial charge is 0.338 e. The summed E-state index contributed by atoms with van der Waals surface area (Å²) < 4.78 is 0. The minimum absolute atomic E-state index is 0. The van der Waals surface area contributed by atoms with E-state index in [2.05, 4.69) is 18.7 Å². The number of likely N-dealkylation sites (N-methyl/N-ethyl adjacent to an activating group) is 1. The third-order valence-corrected chi connectivity index (χ3v) is 5.34. The SMILES string of the molecule is CCN(CC)CC(=O)N1CCN(C(=O)C2(N)CCCCC2)CC1.Cl.Cl. The Kier molecular flexibility index (Phi) is 11.0. The van der Waals surface area contributed by atoms with Crippen molar-refractivity contribution in [1.29, 1.82) is 0 Å². The van der Waals surface area contributed by atoms with Crippen molar-refractivity contribution >= 4 is 36.6 Å². The van der Waals surface area contributed by atoms with Gasteiger partial charge in [0.2, 0.25) is 11.8 Å². The van der Waals surface area contributed by atoms with Crippen molar-refractivity contribution in [1.82, 2.24) is 14.7 Å². The Hall–Kier alpha value is -0.560. The lowest BCUT2D eigenvalue weighted by molar-refractivity contribution is -0.144. The minimum Gasteiger partial charge on any atom is -0.338 e. The van der Waals surface area contributed by atoms with Crippen LogP contribution < -0.4 is 5.73 Å². The fraction of sp³-hybridized carbons (Fsp3) is 0.882. The average molecular weight is 397 g/mol. The molecule has 0 aromatic heterocycles. The number of halogens is 2. The first kappa shape index (κ1) is 24.4. The maximum Gasteiger partial charge on any atom is 0.242 e. The highest BCUT2D eigenvalue weighted by atomic mass is 35.5. The van der Waals surface area contributed by atoms with Crippen LogP contribution in [0.25, 0.3) is 0 Å². The van der Waals surface area contributed by atoms with Crippen LogP contribution in [-0.2, 0) is 9.59 Å².